The van der Waals surface area contributed by atoms with Gasteiger partial charge in [0.25, 0.3) is 5.91 Å². The minimum Gasteiger partial charge on any atom is -0.469 e. The van der Waals surface area contributed by atoms with Crippen molar-refractivity contribution in [3.8, 4) is 0 Å². The summed E-state index contributed by atoms with van der Waals surface area (Å²) in [5, 5.41) is 6.41. The standard InChI is InChI=1S/C17H25N3O3.ClH/c1-12-15(6-10-23-12)17(22)19-13-4-8-20(9-5-13)16(21)11-14-3-2-7-18-14;/h6,10,13-14,18H,2-5,7-9,11H2,1H3,(H,19,22);1H. The summed E-state index contributed by atoms with van der Waals surface area (Å²) in [5.41, 5.74) is 0.593. The Kier molecular flexibility index (Phi) is 6.69. The maximum atomic E-state index is 12.3. The Morgan fingerprint density at radius 1 is 1.33 bits per heavy atom. The van der Waals surface area contributed by atoms with Crippen LogP contribution in [0.2, 0.25) is 0 Å². The number of halogens is 1. The van der Waals surface area contributed by atoms with E-state index in [9.17, 15) is 9.59 Å². The lowest BCUT2D eigenvalue weighted by molar-refractivity contribution is -0.132. The van der Waals surface area contributed by atoms with Gasteiger partial charge >= 0.3 is 0 Å². The molecule has 6 nitrogen and oxygen atoms in total. The van der Waals surface area contributed by atoms with E-state index in [1.165, 1.54) is 12.7 Å². The molecule has 24 heavy (non-hydrogen) atoms. The average molecular weight is 356 g/mol. The van der Waals surface area contributed by atoms with Crippen molar-refractivity contribution in [2.75, 3.05) is 19.6 Å². The van der Waals surface area contributed by atoms with Crippen LogP contribution in [0, 0.1) is 6.92 Å². The topological polar surface area (TPSA) is 74.6 Å². The number of nitrogens with zero attached hydrogens (tertiary/aromatic N) is 1. The third-order valence-electron chi connectivity index (χ3n) is 4.87. The number of rotatable bonds is 4. The van der Waals surface area contributed by atoms with Gasteiger partial charge in [0.15, 0.2) is 0 Å². The van der Waals surface area contributed by atoms with Crippen LogP contribution in [0.5, 0.6) is 0 Å². The zero-order valence-corrected chi connectivity index (χ0v) is 14.9. The van der Waals surface area contributed by atoms with Crippen LogP contribution < -0.4 is 10.6 Å². The second-order valence-corrected chi connectivity index (χ2v) is 6.52. The molecule has 0 aromatic carbocycles. The highest BCUT2D eigenvalue weighted by atomic mass is 35.5. The van der Waals surface area contributed by atoms with E-state index in [0.717, 1.165) is 38.9 Å². The second kappa shape index (κ2) is 8.53. The Bertz CT molecular complexity index is 561. The summed E-state index contributed by atoms with van der Waals surface area (Å²) in [4.78, 5) is 26.4. The smallest absolute Gasteiger partial charge is 0.255 e. The lowest BCUT2D eigenvalue weighted by Gasteiger charge is -2.33. The molecule has 0 bridgehead atoms. The van der Waals surface area contributed by atoms with E-state index in [1.807, 2.05) is 4.90 Å². The molecule has 2 saturated heterocycles. The summed E-state index contributed by atoms with van der Waals surface area (Å²) in [5.74, 6) is 0.787. The molecule has 2 amide bonds. The minimum atomic E-state index is -0.0869. The Morgan fingerprint density at radius 2 is 2.08 bits per heavy atom. The van der Waals surface area contributed by atoms with Gasteiger partial charge in [0.1, 0.15) is 5.76 Å². The number of hydrogen-bond acceptors (Lipinski definition) is 4. The second-order valence-electron chi connectivity index (χ2n) is 6.52. The maximum Gasteiger partial charge on any atom is 0.255 e. The monoisotopic (exact) mass is 355 g/mol. The number of nitrogens with one attached hydrogen (secondary N) is 2. The first-order valence-electron chi connectivity index (χ1n) is 8.49. The first-order valence-corrected chi connectivity index (χ1v) is 8.49. The number of hydrogen-bond donors (Lipinski definition) is 2. The quantitative estimate of drug-likeness (QED) is 0.864. The highest BCUT2D eigenvalue weighted by Gasteiger charge is 2.27. The maximum absolute atomic E-state index is 12.3. The fourth-order valence-electron chi connectivity index (χ4n) is 3.43. The summed E-state index contributed by atoms with van der Waals surface area (Å²) in [7, 11) is 0. The van der Waals surface area contributed by atoms with Gasteiger partial charge in [0.2, 0.25) is 5.91 Å². The Balaban J connectivity index is 0.00000208. The number of furan rings is 1. The van der Waals surface area contributed by atoms with E-state index >= 15 is 0 Å². The third-order valence-corrected chi connectivity index (χ3v) is 4.87. The van der Waals surface area contributed by atoms with Crippen molar-refractivity contribution in [3.05, 3.63) is 23.7 Å². The van der Waals surface area contributed by atoms with E-state index in [0.29, 0.717) is 23.8 Å². The highest BCUT2D eigenvalue weighted by Crippen LogP contribution is 2.16. The van der Waals surface area contributed by atoms with E-state index < -0.39 is 0 Å². The SMILES string of the molecule is Cc1occc1C(=O)NC1CCN(C(=O)CC2CCCN2)CC1.Cl. The van der Waals surface area contributed by atoms with Gasteiger partial charge < -0.3 is 20.0 Å². The summed E-state index contributed by atoms with van der Waals surface area (Å²) in [6, 6.07) is 2.17. The van der Waals surface area contributed by atoms with Crippen molar-refractivity contribution in [1.82, 2.24) is 15.5 Å². The van der Waals surface area contributed by atoms with Crippen LogP contribution >= 0.6 is 12.4 Å². The number of carbonyl (C=O) groups excluding carboxylic acids is 2. The fourth-order valence-corrected chi connectivity index (χ4v) is 3.43. The largest absolute Gasteiger partial charge is 0.469 e. The molecule has 1 aromatic rings. The molecule has 134 valence electrons. The Hall–Kier alpha value is -1.53. The van der Waals surface area contributed by atoms with Gasteiger partial charge in [0, 0.05) is 31.6 Å². The molecule has 0 radical (unpaired) electrons. The van der Waals surface area contributed by atoms with E-state index in [4.69, 9.17) is 4.42 Å². The fraction of sp³-hybridized carbons (Fsp3) is 0.647. The van der Waals surface area contributed by atoms with Crippen molar-refractivity contribution in [2.45, 2.75) is 51.1 Å². The van der Waals surface area contributed by atoms with Crippen LogP contribution in [-0.4, -0.2) is 48.4 Å². The van der Waals surface area contributed by atoms with Crippen molar-refractivity contribution in [3.63, 3.8) is 0 Å². The molecule has 3 rings (SSSR count). The number of likely N-dealkylation sites (tertiary alicyclic amines) is 1. The van der Waals surface area contributed by atoms with Gasteiger partial charge in [-0.1, -0.05) is 0 Å². The molecule has 0 spiro atoms. The van der Waals surface area contributed by atoms with Crippen LogP contribution in [0.1, 0.15) is 48.2 Å². The minimum absolute atomic E-state index is 0. The first-order chi connectivity index (χ1) is 11.1. The molecule has 1 atom stereocenters. The Morgan fingerprint density at radius 3 is 2.67 bits per heavy atom. The van der Waals surface area contributed by atoms with Crippen molar-refractivity contribution in [1.29, 1.82) is 0 Å². The molecule has 2 N–H and O–H groups in total. The zero-order valence-electron chi connectivity index (χ0n) is 14.0. The lowest BCUT2D eigenvalue weighted by atomic mass is 10.0. The molecular weight excluding hydrogens is 330 g/mol. The molecule has 3 heterocycles. The molecular formula is C17H26ClN3O3. The van der Waals surface area contributed by atoms with Crippen molar-refractivity contribution >= 4 is 24.2 Å². The first kappa shape index (κ1) is 18.8. The van der Waals surface area contributed by atoms with Crippen LogP contribution in [0.4, 0.5) is 0 Å². The van der Waals surface area contributed by atoms with Gasteiger partial charge in [-0.15, -0.1) is 12.4 Å². The number of carbonyl (C=O) groups is 2. The van der Waals surface area contributed by atoms with E-state index in [-0.39, 0.29) is 30.3 Å². The van der Waals surface area contributed by atoms with Gasteiger partial charge in [-0.2, -0.15) is 0 Å². The van der Waals surface area contributed by atoms with Gasteiger partial charge in [-0.25, -0.2) is 0 Å². The molecule has 2 aliphatic heterocycles. The zero-order chi connectivity index (χ0) is 16.2. The summed E-state index contributed by atoms with van der Waals surface area (Å²) < 4.78 is 5.17. The Labute approximate surface area is 148 Å². The lowest BCUT2D eigenvalue weighted by Crippen LogP contribution is -2.47. The van der Waals surface area contributed by atoms with Gasteiger partial charge in [-0.3, -0.25) is 9.59 Å². The average Bonchev–Trinajstić information content (AvgIpc) is 3.19. The van der Waals surface area contributed by atoms with Crippen LogP contribution in [0.15, 0.2) is 16.7 Å². The highest BCUT2D eigenvalue weighted by molar-refractivity contribution is 5.95. The van der Waals surface area contributed by atoms with E-state index in [2.05, 4.69) is 10.6 Å². The van der Waals surface area contributed by atoms with Crippen LogP contribution in [0.3, 0.4) is 0 Å². The van der Waals surface area contributed by atoms with Crippen LogP contribution in [-0.2, 0) is 4.79 Å². The number of amides is 2. The predicted octanol–water partition coefficient (Wildman–Crippen LogP) is 1.87. The molecule has 0 saturated carbocycles. The molecule has 0 aliphatic carbocycles. The summed E-state index contributed by atoms with van der Waals surface area (Å²) >= 11 is 0. The molecule has 1 aromatic heterocycles. The molecule has 1 unspecified atom stereocenters. The number of piperidine rings is 1. The van der Waals surface area contributed by atoms with Crippen molar-refractivity contribution < 1.29 is 14.0 Å². The normalized spacial score (nSPS) is 21.4. The van der Waals surface area contributed by atoms with E-state index in [1.54, 1.807) is 13.0 Å². The van der Waals surface area contributed by atoms with Crippen molar-refractivity contribution in [2.24, 2.45) is 0 Å². The number of aryl methyl sites for hydroxylation is 1. The molecule has 2 aliphatic rings. The van der Waals surface area contributed by atoms with Gasteiger partial charge in [-0.05, 0) is 45.2 Å². The molecule has 2 fully saturated rings. The molecule has 7 heteroatoms. The summed E-state index contributed by atoms with van der Waals surface area (Å²) in [6.07, 6.45) is 6.02. The van der Waals surface area contributed by atoms with Gasteiger partial charge in [0.05, 0.1) is 11.8 Å². The summed E-state index contributed by atoms with van der Waals surface area (Å²) in [6.45, 7) is 4.26. The van der Waals surface area contributed by atoms with Crippen LogP contribution in [0.25, 0.3) is 0 Å². The third kappa shape index (κ3) is 4.51. The predicted molar refractivity (Wildman–Crippen MR) is 93.4 cm³/mol.